The third-order valence-electron chi connectivity index (χ3n) is 3.57. The van der Waals surface area contributed by atoms with Crippen LogP contribution in [0.2, 0.25) is 0 Å². The number of aromatic nitrogens is 1. The molecule has 0 aliphatic rings. The van der Waals surface area contributed by atoms with E-state index in [9.17, 15) is 0 Å². The highest BCUT2D eigenvalue weighted by Gasteiger charge is 2.04. The van der Waals surface area contributed by atoms with Crippen molar-refractivity contribution in [1.82, 2.24) is 4.98 Å². The minimum absolute atomic E-state index is 0.260. The van der Waals surface area contributed by atoms with E-state index in [1.807, 2.05) is 24.5 Å². The van der Waals surface area contributed by atoms with Crippen LogP contribution in [0.3, 0.4) is 0 Å². The molecule has 0 saturated heterocycles. The topological polar surface area (TPSA) is 42.1 Å². The van der Waals surface area contributed by atoms with Crippen LogP contribution in [0.4, 0.5) is 5.69 Å². The molecule has 0 saturated carbocycles. The molecule has 1 atom stereocenters. The van der Waals surface area contributed by atoms with Gasteiger partial charge in [-0.1, -0.05) is 19.1 Å². The first-order chi connectivity index (χ1) is 9.69. The number of hydrogen-bond donors (Lipinski definition) is 1. The molecule has 106 valence electrons. The molecule has 2 N–H and O–H groups in total. The Kier molecular flexibility index (Phi) is 5.13. The predicted molar refractivity (Wildman–Crippen MR) is 84.8 cm³/mol. The SMILES string of the molecule is CCC(N)Cc1ccc(N(C)Cc2ccncc2)cc1. The molecule has 20 heavy (non-hydrogen) atoms. The van der Waals surface area contributed by atoms with Crippen molar-refractivity contribution < 1.29 is 0 Å². The van der Waals surface area contributed by atoms with Crippen LogP contribution in [-0.4, -0.2) is 18.1 Å². The molecule has 0 radical (unpaired) electrons. The Labute approximate surface area is 121 Å². The van der Waals surface area contributed by atoms with Crippen molar-refractivity contribution >= 4 is 5.69 Å². The molecule has 1 aromatic carbocycles. The van der Waals surface area contributed by atoms with Crippen LogP contribution in [0, 0.1) is 0 Å². The summed E-state index contributed by atoms with van der Waals surface area (Å²) in [5.41, 5.74) is 9.78. The van der Waals surface area contributed by atoms with Crippen LogP contribution in [0.15, 0.2) is 48.8 Å². The van der Waals surface area contributed by atoms with Gasteiger partial charge in [0.2, 0.25) is 0 Å². The Balaban J connectivity index is 1.98. The largest absolute Gasteiger partial charge is 0.370 e. The third-order valence-corrected chi connectivity index (χ3v) is 3.57. The van der Waals surface area contributed by atoms with E-state index in [1.165, 1.54) is 16.8 Å². The zero-order valence-corrected chi connectivity index (χ0v) is 12.3. The highest BCUT2D eigenvalue weighted by atomic mass is 15.1. The summed E-state index contributed by atoms with van der Waals surface area (Å²) < 4.78 is 0. The van der Waals surface area contributed by atoms with Crippen molar-refractivity contribution in [2.45, 2.75) is 32.4 Å². The van der Waals surface area contributed by atoms with Gasteiger partial charge >= 0.3 is 0 Å². The highest BCUT2D eigenvalue weighted by molar-refractivity contribution is 5.47. The molecular formula is C17H23N3. The number of nitrogens with two attached hydrogens (primary N) is 1. The zero-order valence-electron chi connectivity index (χ0n) is 12.3. The Morgan fingerprint density at radius 1 is 1.05 bits per heavy atom. The minimum atomic E-state index is 0.260. The van der Waals surface area contributed by atoms with Gasteiger partial charge in [-0.3, -0.25) is 4.98 Å². The quantitative estimate of drug-likeness (QED) is 0.876. The maximum Gasteiger partial charge on any atom is 0.0427 e. The lowest BCUT2D eigenvalue weighted by atomic mass is 10.0. The minimum Gasteiger partial charge on any atom is -0.370 e. The number of rotatable bonds is 6. The van der Waals surface area contributed by atoms with E-state index >= 15 is 0 Å². The van der Waals surface area contributed by atoms with Gasteiger partial charge in [0.05, 0.1) is 0 Å². The third kappa shape index (κ3) is 4.07. The van der Waals surface area contributed by atoms with E-state index in [4.69, 9.17) is 5.73 Å². The summed E-state index contributed by atoms with van der Waals surface area (Å²) in [6.07, 6.45) is 5.63. The maximum absolute atomic E-state index is 5.99. The second-order valence-corrected chi connectivity index (χ2v) is 5.25. The van der Waals surface area contributed by atoms with Gasteiger partial charge in [-0.05, 0) is 48.2 Å². The molecule has 0 aliphatic carbocycles. The number of hydrogen-bond acceptors (Lipinski definition) is 3. The van der Waals surface area contributed by atoms with Crippen LogP contribution >= 0.6 is 0 Å². The Hall–Kier alpha value is -1.87. The second-order valence-electron chi connectivity index (χ2n) is 5.25. The smallest absolute Gasteiger partial charge is 0.0427 e. The lowest BCUT2D eigenvalue weighted by molar-refractivity contribution is 0.646. The Morgan fingerprint density at radius 3 is 2.30 bits per heavy atom. The van der Waals surface area contributed by atoms with Crippen LogP contribution in [0.1, 0.15) is 24.5 Å². The average molecular weight is 269 g/mol. The van der Waals surface area contributed by atoms with E-state index in [-0.39, 0.29) is 6.04 Å². The number of anilines is 1. The molecule has 0 amide bonds. The molecule has 0 bridgehead atoms. The summed E-state index contributed by atoms with van der Waals surface area (Å²) in [4.78, 5) is 6.28. The molecular weight excluding hydrogens is 246 g/mol. The van der Waals surface area contributed by atoms with Crippen LogP contribution in [0.25, 0.3) is 0 Å². The number of benzene rings is 1. The molecule has 1 aromatic heterocycles. The molecule has 3 nitrogen and oxygen atoms in total. The molecule has 1 heterocycles. The van der Waals surface area contributed by atoms with Gasteiger partial charge in [0.15, 0.2) is 0 Å². The fourth-order valence-corrected chi connectivity index (χ4v) is 2.19. The second kappa shape index (κ2) is 7.06. The molecule has 0 fully saturated rings. The van der Waals surface area contributed by atoms with Gasteiger partial charge < -0.3 is 10.6 Å². The monoisotopic (exact) mass is 269 g/mol. The standard InChI is InChI=1S/C17H23N3/c1-3-16(18)12-14-4-6-17(7-5-14)20(2)13-15-8-10-19-11-9-15/h4-11,16H,3,12-13,18H2,1-2H3. The predicted octanol–water partition coefficient (Wildman–Crippen LogP) is 3.00. The van der Waals surface area contributed by atoms with Crippen molar-refractivity contribution in [3.63, 3.8) is 0 Å². The van der Waals surface area contributed by atoms with Crippen molar-refractivity contribution in [1.29, 1.82) is 0 Å². The molecule has 2 aromatic rings. The van der Waals surface area contributed by atoms with Crippen molar-refractivity contribution in [2.75, 3.05) is 11.9 Å². The molecule has 2 rings (SSSR count). The summed E-state index contributed by atoms with van der Waals surface area (Å²) >= 11 is 0. The summed E-state index contributed by atoms with van der Waals surface area (Å²) in [5.74, 6) is 0. The van der Waals surface area contributed by atoms with Gasteiger partial charge in [-0.25, -0.2) is 0 Å². The Morgan fingerprint density at radius 2 is 1.70 bits per heavy atom. The summed E-state index contributed by atoms with van der Waals surface area (Å²) in [6, 6.07) is 13.0. The van der Waals surface area contributed by atoms with Crippen LogP contribution in [-0.2, 0) is 13.0 Å². The highest BCUT2D eigenvalue weighted by Crippen LogP contribution is 2.17. The first-order valence-corrected chi connectivity index (χ1v) is 7.13. The van der Waals surface area contributed by atoms with Gasteiger partial charge in [-0.2, -0.15) is 0 Å². The van der Waals surface area contributed by atoms with Crippen LogP contribution < -0.4 is 10.6 Å². The van der Waals surface area contributed by atoms with E-state index in [0.717, 1.165) is 19.4 Å². The number of pyridine rings is 1. The molecule has 0 spiro atoms. The van der Waals surface area contributed by atoms with Crippen molar-refractivity contribution in [3.8, 4) is 0 Å². The first-order valence-electron chi connectivity index (χ1n) is 7.13. The zero-order chi connectivity index (χ0) is 14.4. The molecule has 1 unspecified atom stereocenters. The van der Waals surface area contributed by atoms with Gasteiger partial charge in [0, 0.05) is 37.7 Å². The normalized spacial score (nSPS) is 12.2. The summed E-state index contributed by atoms with van der Waals surface area (Å²) in [7, 11) is 2.10. The first kappa shape index (κ1) is 14.5. The van der Waals surface area contributed by atoms with E-state index in [2.05, 4.69) is 48.1 Å². The van der Waals surface area contributed by atoms with E-state index < -0.39 is 0 Å². The lowest BCUT2D eigenvalue weighted by Gasteiger charge is -2.20. The maximum atomic E-state index is 5.99. The number of nitrogens with zero attached hydrogens (tertiary/aromatic N) is 2. The molecule has 0 aliphatic heterocycles. The fraction of sp³-hybridized carbons (Fsp3) is 0.353. The van der Waals surface area contributed by atoms with Crippen LogP contribution in [0.5, 0.6) is 0 Å². The Bertz CT molecular complexity index is 508. The van der Waals surface area contributed by atoms with E-state index in [1.54, 1.807) is 0 Å². The van der Waals surface area contributed by atoms with Gasteiger partial charge in [-0.15, -0.1) is 0 Å². The van der Waals surface area contributed by atoms with Gasteiger partial charge in [0.25, 0.3) is 0 Å². The molecule has 3 heteroatoms. The average Bonchev–Trinajstić information content (AvgIpc) is 2.49. The summed E-state index contributed by atoms with van der Waals surface area (Å²) in [5, 5.41) is 0. The van der Waals surface area contributed by atoms with E-state index in [0.29, 0.717) is 0 Å². The van der Waals surface area contributed by atoms with Crippen molar-refractivity contribution in [3.05, 3.63) is 59.9 Å². The summed E-state index contributed by atoms with van der Waals surface area (Å²) in [6.45, 7) is 3.01. The van der Waals surface area contributed by atoms with Crippen molar-refractivity contribution in [2.24, 2.45) is 5.73 Å². The lowest BCUT2D eigenvalue weighted by Crippen LogP contribution is -2.21. The van der Waals surface area contributed by atoms with Gasteiger partial charge in [0.1, 0.15) is 0 Å². The fourth-order valence-electron chi connectivity index (χ4n) is 2.19.